The molecule has 1 heterocycles. The lowest BCUT2D eigenvalue weighted by Gasteiger charge is -2.13. The molecule has 1 atom stereocenters. The molecule has 5 heteroatoms. The van der Waals surface area contributed by atoms with Gasteiger partial charge in [-0.2, -0.15) is 0 Å². The first-order valence-electron chi connectivity index (χ1n) is 7.04. The van der Waals surface area contributed by atoms with Gasteiger partial charge in [-0.05, 0) is 48.2 Å². The highest BCUT2D eigenvalue weighted by Gasteiger charge is 2.23. The number of rotatable bonds is 2. The van der Waals surface area contributed by atoms with Crippen molar-refractivity contribution >= 4 is 22.7 Å². The Morgan fingerprint density at radius 2 is 1.90 bits per heavy atom. The number of fused-ring (bicyclic) bond motifs is 2. The fourth-order valence-corrected chi connectivity index (χ4v) is 2.89. The Balaban J connectivity index is 1.64. The second-order valence-electron chi connectivity index (χ2n) is 5.32. The van der Waals surface area contributed by atoms with Gasteiger partial charge in [0.25, 0.3) is 0 Å². The molecular weight excluding hydrogens is 262 g/mol. The Labute approximate surface area is 122 Å². The van der Waals surface area contributed by atoms with Crippen LogP contribution in [0.5, 0.6) is 0 Å². The number of hydrogen-bond donors (Lipinski definition) is 2. The van der Waals surface area contributed by atoms with Gasteiger partial charge in [0.2, 0.25) is 5.95 Å². The molecule has 0 saturated heterocycles. The number of nitrogen functional groups attached to an aromatic ring is 1. The van der Waals surface area contributed by atoms with Gasteiger partial charge < -0.3 is 11.1 Å². The van der Waals surface area contributed by atoms with Crippen LogP contribution in [0.3, 0.4) is 0 Å². The Hall–Kier alpha value is -2.69. The standard InChI is InChI=1S/C16H15N5/c17-11-6-7-12-10(9-11)5-8-13(12)18-16-19-14-3-1-2-4-15(14)20-21-16/h1-4,6-7,9,13H,5,8,17H2,(H,18,19,21). The topological polar surface area (TPSA) is 76.7 Å². The number of aryl methyl sites for hydroxylation is 1. The molecule has 0 amide bonds. The second-order valence-corrected chi connectivity index (χ2v) is 5.32. The summed E-state index contributed by atoms with van der Waals surface area (Å²) in [5, 5.41) is 11.7. The highest BCUT2D eigenvalue weighted by atomic mass is 15.2. The number of nitrogens with two attached hydrogens (primary N) is 1. The number of para-hydroxylation sites is 1. The Kier molecular flexibility index (Phi) is 2.70. The Morgan fingerprint density at radius 1 is 1.05 bits per heavy atom. The molecule has 4 rings (SSSR count). The maximum atomic E-state index is 5.84. The van der Waals surface area contributed by atoms with Crippen LogP contribution in [-0.2, 0) is 6.42 Å². The van der Waals surface area contributed by atoms with Crippen LogP contribution < -0.4 is 11.1 Å². The minimum absolute atomic E-state index is 0.226. The molecule has 1 unspecified atom stereocenters. The van der Waals surface area contributed by atoms with Crippen molar-refractivity contribution in [1.82, 2.24) is 15.2 Å². The van der Waals surface area contributed by atoms with E-state index in [-0.39, 0.29) is 6.04 Å². The van der Waals surface area contributed by atoms with Crippen molar-refractivity contribution < 1.29 is 0 Å². The molecule has 0 bridgehead atoms. The first-order valence-corrected chi connectivity index (χ1v) is 7.04. The Morgan fingerprint density at radius 3 is 2.81 bits per heavy atom. The number of hydrogen-bond acceptors (Lipinski definition) is 5. The summed E-state index contributed by atoms with van der Waals surface area (Å²) in [4.78, 5) is 4.52. The number of anilines is 2. The fourth-order valence-electron chi connectivity index (χ4n) is 2.89. The minimum Gasteiger partial charge on any atom is -0.399 e. The van der Waals surface area contributed by atoms with Crippen LogP contribution in [0, 0.1) is 0 Å². The molecule has 1 aliphatic carbocycles. The van der Waals surface area contributed by atoms with Gasteiger partial charge in [0.1, 0.15) is 5.52 Å². The van der Waals surface area contributed by atoms with Gasteiger partial charge in [0.15, 0.2) is 0 Å². The van der Waals surface area contributed by atoms with Gasteiger partial charge >= 0.3 is 0 Å². The Bertz CT molecular complexity index is 815. The zero-order valence-corrected chi connectivity index (χ0v) is 11.5. The average molecular weight is 277 g/mol. The highest BCUT2D eigenvalue weighted by molar-refractivity contribution is 5.74. The third kappa shape index (κ3) is 2.16. The van der Waals surface area contributed by atoms with E-state index >= 15 is 0 Å². The molecule has 104 valence electrons. The first kappa shape index (κ1) is 12.1. The molecule has 0 aliphatic heterocycles. The highest BCUT2D eigenvalue weighted by Crippen LogP contribution is 2.34. The van der Waals surface area contributed by atoms with Crippen LogP contribution in [0.1, 0.15) is 23.6 Å². The first-order chi connectivity index (χ1) is 10.3. The van der Waals surface area contributed by atoms with Crippen molar-refractivity contribution in [3.05, 3.63) is 53.6 Å². The maximum absolute atomic E-state index is 5.84. The molecule has 1 aliphatic rings. The van der Waals surface area contributed by atoms with Crippen molar-refractivity contribution in [3.8, 4) is 0 Å². The van der Waals surface area contributed by atoms with E-state index in [9.17, 15) is 0 Å². The van der Waals surface area contributed by atoms with E-state index in [1.54, 1.807) is 0 Å². The molecule has 0 saturated carbocycles. The van der Waals surface area contributed by atoms with E-state index in [4.69, 9.17) is 5.73 Å². The number of nitrogens with zero attached hydrogens (tertiary/aromatic N) is 3. The van der Waals surface area contributed by atoms with Crippen LogP contribution in [0.2, 0.25) is 0 Å². The van der Waals surface area contributed by atoms with Crippen LogP contribution in [-0.4, -0.2) is 15.2 Å². The van der Waals surface area contributed by atoms with Gasteiger partial charge in [-0.25, -0.2) is 4.98 Å². The van der Waals surface area contributed by atoms with E-state index in [1.807, 2.05) is 30.3 Å². The minimum atomic E-state index is 0.226. The van der Waals surface area contributed by atoms with Gasteiger partial charge in [0, 0.05) is 5.69 Å². The van der Waals surface area contributed by atoms with Crippen molar-refractivity contribution in [2.75, 3.05) is 11.1 Å². The SMILES string of the molecule is Nc1ccc2c(c1)CCC2Nc1nnc2ccccc2n1. The number of nitrogens with one attached hydrogen (secondary N) is 1. The van der Waals surface area contributed by atoms with Crippen LogP contribution in [0.4, 0.5) is 11.6 Å². The van der Waals surface area contributed by atoms with Crippen LogP contribution >= 0.6 is 0 Å². The summed E-state index contributed by atoms with van der Waals surface area (Å²) in [7, 11) is 0. The maximum Gasteiger partial charge on any atom is 0.243 e. The van der Waals surface area contributed by atoms with Crippen LogP contribution in [0.25, 0.3) is 11.0 Å². The smallest absolute Gasteiger partial charge is 0.243 e. The predicted molar refractivity (Wildman–Crippen MR) is 82.9 cm³/mol. The lowest BCUT2D eigenvalue weighted by atomic mass is 10.1. The summed E-state index contributed by atoms with van der Waals surface area (Å²) in [6.45, 7) is 0. The number of aromatic nitrogens is 3. The monoisotopic (exact) mass is 277 g/mol. The molecular formula is C16H15N5. The lowest BCUT2D eigenvalue weighted by molar-refractivity contribution is 0.747. The van der Waals surface area contributed by atoms with E-state index in [0.717, 1.165) is 29.6 Å². The summed E-state index contributed by atoms with van der Waals surface area (Å²) in [5.74, 6) is 0.573. The largest absolute Gasteiger partial charge is 0.399 e. The molecule has 0 spiro atoms. The third-order valence-electron chi connectivity index (χ3n) is 3.91. The zero-order chi connectivity index (χ0) is 14.2. The predicted octanol–water partition coefficient (Wildman–Crippen LogP) is 2.71. The van der Waals surface area contributed by atoms with Crippen molar-refractivity contribution in [2.45, 2.75) is 18.9 Å². The summed E-state index contributed by atoms with van der Waals surface area (Å²) in [6, 6.07) is 14.0. The third-order valence-corrected chi connectivity index (χ3v) is 3.91. The van der Waals surface area contributed by atoms with E-state index in [0.29, 0.717) is 5.95 Å². The van der Waals surface area contributed by atoms with Crippen molar-refractivity contribution in [3.63, 3.8) is 0 Å². The molecule has 5 nitrogen and oxygen atoms in total. The van der Waals surface area contributed by atoms with E-state index in [2.05, 4.69) is 32.6 Å². The zero-order valence-electron chi connectivity index (χ0n) is 11.5. The summed E-state index contributed by atoms with van der Waals surface area (Å²) < 4.78 is 0. The molecule has 0 radical (unpaired) electrons. The quantitative estimate of drug-likeness (QED) is 0.704. The molecule has 3 aromatic rings. The normalized spacial score (nSPS) is 16.9. The molecule has 0 fully saturated rings. The van der Waals surface area contributed by atoms with Crippen LogP contribution in [0.15, 0.2) is 42.5 Å². The second kappa shape index (κ2) is 4.70. The summed E-state index contributed by atoms with van der Waals surface area (Å²) in [6.07, 6.45) is 2.05. The van der Waals surface area contributed by atoms with Crippen molar-refractivity contribution in [1.29, 1.82) is 0 Å². The van der Waals surface area contributed by atoms with Gasteiger partial charge in [-0.3, -0.25) is 0 Å². The molecule has 2 aromatic carbocycles. The van der Waals surface area contributed by atoms with E-state index in [1.165, 1.54) is 11.1 Å². The van der Waals surface area contributed by atoms with E-state index < -0.39 is 0 Å². The van der Waals surface area contributed by atoms with Gasteiger partial charge in [-0.1, -0.05) is 18.2 Å². The molecule has 21 heavy (non-hydrogen) atoms. The summed E-state index contributed by atoms with van der Waals surface area (Å²) in [5.41, 5.74) is 10.9. The van der Waals surface area contributed by atoms with Gasteiger partial charge in [0.05, 0.1) is 11.6 Å². The average Bonchev–Trinajstić information content (AvgIpc) is 2.89. The number of benzene rings is 2. The molecule has 3 N–H and O–H groups in total. The van der Waals surface area contributed by atoms with Gasteiger partial charge in [-0.15, -0.1) is 10.2 Å². The summed E-state index contributed by atoms with van der Waals surface area (Å²) >= 11 is 0. The molecule has 1 aromatic heterocycles. The van der Waals surface area contributed by atoms with Crippen molar-refractivity contribution in [2.24, 2.45) is 0 Å². The lowest BCUT2D eigenvalue weighted by Crippen LogP contribution is -2.10. The fraction of sp³-hybridized carbons (Fsp3) is 0.188.